The quantitative estimate of drug-likeness (QED) is 0.775. The van der Waals surface area contributed by atoms with Gasteiger partial charge in [0.15, 0.2) is 0 Å². The monoisotopic (exact) mass is 278 g/mol. The molecule has 0 amide bonds. The smallest absolute Gasteiger partial charge is 0.119 e. The fourth-order valence-electron chi connectivity index (χ4n) is 2.58. The molecular formula is C16H26N2O2. The van der Waals surface area contributed by atoms with E-state index < -0.39 is 0 Å². The van der Waals surface area contributed by atoms with E-state index in [4.69, 9.17) is 15.2 Å². The van der Waals surface area contributed by atoms with Crippen LogP contribution in [0.15, 0.2) is 24.3 Å². The molecule has 0 aromatic heterocycles. The van der Waals surface area contributed by atoms with Crippen LogP contribution in [0.3, 0.4) is 0 Å². The molecule has 4 nitrogen and oxygen atoms in total. The van der Waals surface area contributed by atoms with Crippen molar-refractivity contribution in [3.8, 4) is 5.75 Å². The zero-order valence-corrected chi connectivity index (χ0v) is 12.4. The SMILES string of the molecule is CCC1COCCN1CCCOc1cccc(CN)c1. The van der Waals surface area contributed by atoms with E-state index in [2.05, 4.69) is 11.8 Å². The molecule has 1 saturated heterocycles. The minimum Gasteiger partial charge on any atom is -0.494 e. The van der Waals surface area contributed by atoms with Gasteiger partial charge in [-0.1, -0.05) is 19.1 Å². The van der Waals surface area contributed by atoms with Crippen molar-refractivity contribution in [1.29, 1.82) is 0 Å². The molecule has 1 unspecified atom stereocenters. The summed E-state index contributed by atoms with van der Waals surface area (Å²) in [6.45, 7) is 7.39. The van der Waals surface area contributed by atoms with E-state index in [0.29, 0.717) is 12.6 Å². The minimum atomic E-state index is 0.559. The van der Waals surface area contributed by atoms with Crippen LogP contribution >= 0.6 is 0 Å². The zero-order valence-electron chi connectivity index (χ0n) is 12.4. The summed E-state index contributed by atoms with van der Waals surface area (Å²) in [6, 6.07) is 8.59. The third kappa shape index (κ3) is 4.47. The first-order valence-electron chi connectivity index (χ1n) is 7.57. The summed E-state index contributed by atoms with van der Waals surface area (Å²) < 4.78 is 11.3. The van der Waals surface area contributed by atoms with Crippen LogP contribution in [-0.2, 0) is 11.3 Å². The molecule has 1 atom stereocenters. The maximum absolute atomic E-state index is 5.79. The molecule has 0 bridgehead atoms. The Morgan fingerprint density at radius 2 is 2.35 bits per heavy atom. The van der Waals surface area contributed by atoms with Crippen LogP contribution in [0.1, 0.15) is 25.3 Å². The van der Waals surface area contributed by atoms with Gasteiger partial charge in [-0.3, -0.25) is 4.90 Å². The summed E-state index contributed by atoms with van der Waals surface area (Å²) in [5.74, 6) is 0.918. The summed E-state index contributed by atoms with van der Waals surface area (Å²) in [6.07, 6.45) is 2.20. The van der Waals surface area contributed by atoms with Crippen LogP contribution in [0.4, 0.5) is 0 Å². The maximum atomic E-state index is 5.79. The number of ether oxygens (including phenoxy) is 2. The van der Waals surface area contributed by atoms with Crippen molar-refractivity contribution in [1.82, 2.24) is 4.90 Å². The number of nitrogens with two attached hydrogens (primary N) is 1. The second-order valence-corrected chi connectivity index (χ2v) is 5.23. The third-order valence-electron chi connectivity index (χ3n) is 3.81. The predicted molar refractivity (Wildman–Crippen MR) is 80.9 cm³/mol. The number of benzene rings is 1. The molecule has 2 rings (SSSR count). The average molecular weight is 278 g/mol. The van der Waals surface area contributed by atoms with Gasteiger partial charge in [-0.2, -0.15) is 0 Å². The molecule has 1 fully saturated rings. The van der Waals surface area contributed by atoms with E-state index in [9.17, 15) is 0 Å². The Morgan fingerprint density at radius 3 is 3.15 bits per heavy atom. The van der Waals surface area contributed by atoms with Crippen molar-refractivity contribution in [2.24, 2.45) is 5.73 Å². The van der Waals surface area contributed by atoms with Gasteiger partial charge in [0.25, 0.3) is 0 Å². The highest BCUT2D eigenvalue weighted by molar-refractivity contribution is 5.28. The first kappa shape index (κ1) is 15.3. The Labute approximate surface area is 121 Å². The number of hydrogen-bond acceptors (Lipinski definition) is 4. The van der Waals surface area contributed by atoms with Gasteiger partial charge in [0.1, 0.15) is 5.75 Å². The zero-order chi connectivity index (χ0) is 14.2. The summed E-state index contributed by atoms with van der Waals surface area (Å²) >= 11 is 0. The fraction of sp³-hybridized carbons (Fsp3) is 0.625. The lowest BCUT2D eigenvalue weighted by molar-refractivity contribution is -0.0102. The molecule has 112 valence electrons. The highest BCUT2D eigenvalue weighted by Crippen LogP contribution is 2.14. The molecule has 0 saturated carbocycles. The molecule has 0 radical (unpaired) electrons. The summed E-state index contributed by atoms with van der Waals surface area (Å²) in [7, 11) is 0. The largest absolute Gasteiger partial charge is 0.494 e. The summed E-state index contributed by atoms with van der Waals surface area (Å²) in [5.41, 5.74) is 6.74. The second-order valence-electron chi connectivity index (χ2n) is 5.23. The number of morpholine rings is 1. The number of nitrogens with zero attached hydrogens (tertiary/aromatic N) is 1. The maximum Gasteiger partial charge on any atom is 0.119 e. The minimum absolute atomic E-state index is 0.559. The van der Waals surface area contributed by atoms with Crippen LogP contribution in [0.2, 0.25) is 0 Å². The van der Waals surface area contributed by atoms with E-state index in [-0.39, 0.29) is 0 Å². The van der Waals surface area contributed by atoms with Crippen molar-refractivity contribution in [2.45, 2.75) is 32.4 Å². The van der Waals surface area contributed by atoms with E-state index in [0.717, 1.165) is 57.1 Å². The predicted octanol–water partition coefficient (Wildman–Crippen LogP) is 2.03. The third-order valence-corrected chi connectivity index (χ3v) is 3.81. The summed E-state index contributed by atoms with van der Waals surface area (Å²) in [5, 5.41) is 0. The molecule has 1 aromatic carbocycles. The van der Waals surface area contributed by atoms with Crippen molar-refractivity contribution >= 4 is 0 Å². The fourth-order valence-corrected chi connectivity index (χ4v) is 2.58. The lowest BCUT2D eigenvalue weighted by Gasteiger charge is -2.34. The highest BCUT2D eigenvalue weighted by Gasteiger charge is 2.20. The van der Waals surface area contributed by atoms with Crippen LogP contribution < -0.4 is 10.5 Å². The normalized spacial score (nSPS) is 20.0. The van der Waals surface area contributed by atoms with Gasteiger partial charge in [0, 0.05) is 25.7 Å². The first-order valence-corrected chi connectivity index (χ1v) is 7.57. The Morgan fingerprint density at radius 1 is 1.45 bits per heavy atom. The highest BCUT2D eigenvalue weighted by atomic mass is 16.5. The molecule has 0 aliphatic carbocycles. The van der Waals surface area contributed by atoms with Crippen molar-refractivity contribution in [2.75, 3.05) is 32.9 Å². The van der Waals surface area contributed by atoms with Crippen LogP contribution in [-0.4, -0.2) is 43.9 Å². The molecule has 4 heteroatoms. The molecule has 1 aromatic rings. The number of hydrogen-bond donors (Lipinski definition) is 1. The lowest BCUT2D eigenvalue weighted by Crippen LogP contribution is -2.45. The van der Waals surface area contributed by atoms with Gasteiger partial charge < -0.3 is 15.2 Å². The Bertz CT molecular complexity index is 398. The second kappa shape index (κ2) is 8.25. The van der Waals surface area contributed by atoms with Gasteiger partial charge in [-0.15, -0.1) is 0 Å². The average Bonchev–Trinajstić information content (AvgIpc) is 2.52. The molecule has 1 aliphatic heterocycles. The Kier molecular flexibility index (Phi) is 6.30. The van der Waals surface area contributed by atoms with Gasteiger partial charge in [0.05, 0.1) is 19.8 Å². The van der Waals surface area contributed by atoms with Crippen LogP contribution in [0.5, 0.6) is 5.75 Å². The molecule has 2 N–H and O–H groups in total. The first-order chi connectivity index (χ1) is 9.83. The van der Waals surface area contributed by atoms with Crippen molar-refractivity contribution < 1.29 is 9.47 Å². The topological polar surface area (TPSA) is 47.7 Å². The molecule has 1 aliphatic rings. The number of rotatable bonds is 7. The Balaban J connectivity index is 1.70. The van der Waals surface area contributed by atoms with Crippen LogP contribution in [0.25, 0.3) is 0 Å². The van der Waals surface area contributed by atoms with Gasteiger partial charge in [-0.25, -0.2) is 0 Å². The van der Waals surface area contributed by atoms with Crippen molar-refractivity contribution in [3.63, 3.8) is 0 Å². The molecule has 20 heavy (non-hydrogen) atoms. The Hall–Kier alpha value is -1.10. The van der Waals surface area contributed by atoms with Gasteiger partial charge >= 0.3 is 0 Å². The van der Waals surface area contributed by atoms with E-state index >= 15 is 0 Å². The van der Waals surface area contributed by atoms with E-state index in [1.54, 1.807) is 0 Å². The van der Waals surface area contributed by atoms with Gasteiger partial charge in [0.2, 0.25) is 0 Å². The molecule has 1 heterocycles. The molecule has 0 spiro atoms. The van der Waals surface area contributed by atoms with Crippen LogP contribution in [0, 0.1) is 0 Å². The molecular weight excluding hydrogens is 252 g/mol. The lowest BCUT2D eigenvalue weighted by atomic mass is 10.1. The van der Waals surface area contributed by atoms with Crippen molar-refractivity contribution in [3.05, 3.63) is 29.8 Å². The van der Waals surface area contributed by atoms with E-state index in [1.807, 2.05) is 24.3 Å². The summed E-state index contributed by atoms with van der Waals surface area (Å²) in [4.78, 5) is 2.52. The van der Waals surface area contributed by atoms with E-state index in [1.165, 1.54) is 0 Å². The van der Waals surface area contributed by atoms with Gasteiger partial charge in [-0.05, 0) is 30.5 Å². The standard InChI is InChI=1S/C16H26N2O2/c1-2-15-13-19-10-8-18(15)7-4-9-20-16-6-3-5-14(11-16)12-17/h3,5-6,11,15H,2,4,7-10,12-13,17H2,1H3.